The van der Waals surface area contributed by atoms with E-state index in [1.165, 1.54) is 0 Å². The molecule has 1 rings (SSSR count). The molecule has 1 aliphatic heterocycles. The van der Waals surface area contributed by atoms with E-state index in [0.717, 1.165) is 19.4 Å². The zero-order valence-electron chi connectivity index (χ0n) is 14.1. The van der Waals surface area contributed by atoms with Crippen molar-refractivity contribution in [3.05, 3.63) is 0 Å². The lowest BCUT2D eigenvalue weighted by molar-refractivity contribution is -0.137. The molecule has 0 saturated carbocycles. The standard InChI is InChI=1S/C15H28N4O3/c1-9(16-5)12(20)18-11(15(2,3)4)14(22)19-13(21)10-7-6-8-17-10/h9-11,16-17H,6-8H2,1-5H3,(H,18,20)(H,19,21,22)/t9-,10?,11+/m0/s1. The molecule has 0 aliphatic carbocycles. The molecule has 1 heterocycles. The van der Waals surface area contributed by atoms with Gasteiger partial charge in [0.25, 0.3) is 0 Å². The third-order valence-corrected chi connectivity index (χ3v) is 3.86. The van der Waals surface area contributed by atoms with E-state index >= 15 is 0 Å². The third-order valence-electron chi connectivity index (χ3n) is 3.86. The molecule has 126 valence electrons. The Morgan fingerprint density at radius 3 is 2.27 bits per heavy atom. The maximum Gasteiger partial charge on any atom is 0.249 e. The van der Waals surface area contributed by atoms with Gasteiger partial charge in [0.15, 0.2) is 0 Å². The van der Waals surface area contributed by atoms with Crippen molar-refractivity contribution in [2.75, 3.05) is 13.6 Å². The first-order valence-electron chi connectivity index (χ1n) is 7.72. The van der Waals surface area contributed by atoms with Crippen LogP contribution in [0.3, 0.4) is 0 Å². The van der Waals surface area contributed by atoms with E-state index in [4.69, 9.17) is 0 Å². The van der Waals surface area contributed by atoms with Crippen molar-refractivity contribution in [3.63, 3.8) is 0 Å². The minimum absolute atomic E-state index is 0.274. The SMILES string of the molecule is CN[C@@H](C)C(=O)N[C@H](C(=O)NC(=O)C1CCCN1)C(C)(C)C. The van der Waals surface area contributed by atoms with Gasteiger partial charge in [-0.15, -0.1) is 0 Å². The third kappa shape index (κ3) is 5.06. The second-order valence-corrected chi connectivity index (χ2v) is 6.82. The average molecular weight is 312 g/mol. The van der Waals surface area contributed by atoms with E-state index in [2.05, 4.69) is 21.3 Å². The van der Waals surface area contributed by atoms with Gasteiger partial charge in [0.1, 0.15) is 6.04 Å². The minimum Gasteiger partial charge on any atom is -0.342 e. The summed E-state index contributed by atoms with van der Waals surface area (Å²) in [5.74, 6) is -1.07. The Balaban J connectivity index is 2.72. The Bertz CT molecular complexity index is 425. The first kappa shape index (κ1) is 18.6. The van der Waals surface area contributed by atoms with Crippen LogP contribution in [0.2, 0.25) is 0 Å². The molecule has 7 nitrogen and oxygen atoms in total. The van der Waals surface area contributed by atoms with Crippen LogP contribution in [0, 0.1) is 5.41 Å². The monoisotopic (exact) mass is 312 g/mol. The summed E-state index contributed by atoms with van der Waals surface area (Å²) < 4.78 is 0. The molecule has 1 aliphatic rings. The molecule has 0 aromatic heterocycles. The average Bonchev–Trinajstić information content (AvgIpc) is 2.96. The van der Waals surface area contributed by atoms with E-state index < -0.39 is 23.4 Å². The fraction of sp³-hybridized carbons (Fsp3) is 0.800. The van der Waals surface area contributed by atoms with Gasteiger partial charge in [0, 0.05) is 0 Å². The van der Waals surface area contributed by atoms with Crippen molar-refractivity contribution in [3.8, 4) is 0 Å². The first-order valence-corrected chi connectivity index (χ1v) is 7.72. The van der Waals surface area contributed by atoms with E-state index in [1.54, 1.807) is 14.0 Å². The van der Waals surface area contributed by atoms with Crippen LogP contribution < -0.4 is 21.3 Å². The van der Waals surface area contributed by atoms with Crippen LogP contribution in [0.15, 0.2) is 0 Å². The Kier molecular flexibility index (Phi) is 6.49. The summed E-state index contributed by atoms with van der Waals surface area (Å²) in [4.78, 5) is 36.5. The van der Waals surface area contributed by atoms with Gasteiger partial charge in [0.2, 0.25) is 17.7 Å². The predicted octanol–water partition coefficient (Wildman–Crippen LogP) is -0.480. The highest BCUT2D eigenvalue weighted by Crippen LogP contribution is 2.20. The minimum atomic E-state index is -0.777. The van der Waals surface area contributed by atoms with Crippen LogP contribution in [0.4, 0.5) is 0 Å². The van der Waals surface area contributed by atoms with Gasteiger partial charge in [-0.2, -0.15) is 0 Å². The summed E-state index contributed by atoms with van der Waals surface area (Å²) in [5.41, 5.74) is -0.503. The molecule has 3 amide bonds. The first-order chi connectivity index (χ1) is 10.2. The molecule has 22 heavy (non-hydrogen) atoms. The summed E-state index contributed by atoms with van der Waals surface area (Å²) in [6, 6.07) is -1.51. The van der Waals surface area contributed by atoms with Crippen molar-refractivity contribution < 1.29 is 14.4 Å². The molecule has 0 aromatic rings. The van der Waals surface area contributed by atoms with Crippen LogP contribution in [-0.2, 0) is 14.4 Å². The molecule has 3 atom stereocenters. The number of imide groups is 1. The molecule has 0 aromatic carbocycles. The van der Waals surface area contributed by atoms with E-state index in [0.29, 0.717) is 0 Å². The Morgan fingerprint density at radius 1 is 1.18 bits per heavy atom. The van der Waals surface area contributed by atoms with Crippen LogP contribution in [0.25, 0.3) is 0 Å². The van der Waals surface area contributed by atoms with Crippen LogP contribution >= 0.6 is 0 Å². The normalized spacial score (nSPS) is 21.0. The molecule has 1 fully saturated rings. The second kappa shape index (κ2) is 7.69. The van der Waals surface area contributed by atoms with E-state index in [1.807, 2.05) is 20.8 Å². The van der Waals surface area contributed by atoms with Crippen LogP contribution in [-0.4, -0.2) is 49.4 Å². The number of rotatable bonds is 5. The largest absolute Gasteiger partial charge is 0.342 e. The number of amides is 3. The Morgan fingerprint density at radius 2 is 1.82 bits per heavy atom. The number of hydrogen-bond acceptors (Lipinski definition) is 5. The van der Waals surface area contributed by atoms with Gasteiger partial charge >= 0.3 is 0 Å². The summed E-state index contributed by atoms with van der Waals surface area (Å²) in [7, 11) is 1.67. The Hall–Kier alpha value is -1.47. The summed E-state index contributed by atoms with van der Waals surface area (Å²) in [5, 5.41) is 11.0. The van der Waals surface area contributed by atoms with Crippen molar-refractivity contribution in [2.45, 2.75) is 58.7 Å². The lowest BCUT2D eigenvalue weighted by Crippen LogP contribution is -2.58. The summed E-state index contributed by atoms with van der Waals surface area (Å²) in [6.45, 7) is 8.03. The zero-order chi connectivity index (χ0) is 16.9. The van der Waals surface area contributed by atoms with E-state index in [9.17, 15) is 14.4 Å². The quantitative estimate of drug-likeness (QED) is 0.549. The van der Waals surface area contributed by atoms with Crippen molar-refractivity contribution >= 4 is 17.7 Å². The fourth-order valence-corrected chi connectivity index (χ4v) is 2.26. The van der Waals surface area contributed by atoms with Gasteiger partial charge in [-0.05, 0) is 38.8 Å². The van der Waals surface area contributed by atoms with Gasteiger partial charge in [-0.3, -0.25) is 19.7 Å². The Labute approximate surface area is 132 Å². The zero-order valence-corrected chi connectivity index (χ0v) is 14.1. The molecule has 1 saturated heterocycles. The smallest absolute Gasteiger partial charge is 0.249 e. The second-order valence-electron chi connectivity index (χ2n) is 6.82. The molecule has 0 bridgehead atoms. The van der Waals surface area contributed by atoms with Crippen LogP contribution in [0.5, 0.6) is 0 Å². The number of carbonyl (C=O) groups excluding carboxylic acids is 3. The lowest BCUT2D eigenvalue weighted by Gasteiger charge is -2.31. The molecule has 1 unspecified atom stereocenters. The highest BCUT2D eigenvalue weighted by atomic mass is 16.2. The predicted molar refractivity (Wildman–Crippen MR) is 84.1 cm³/mol. The molecule has 4 N–H and O–H groups in total. The van der Waals surface area contributed by atoms with Gasteiger partial charge in [-0.25, -0.2) is 0 Å². The number of nitrogens with one attached hydrogen (secondary N) is 4. The summed E-state index contributed by atoms with van der Waals surface area (Å²) in [6.07, 6.45) is 1.65. The van der Waals surface area contributed by atoms with Crippen LogP contribution in [0.1, 0.15) is 40.5 Å². The van der Waals surface area contributed by atoms with Gasteiger partial charge < -0.3 is 16.0 Å². The molecule has 0 spiro atoms. The topological polar surface area (TPSA) is 99.3 Å². The fourth-order valence-electron chi connectivity index (χ4n) is 2.26. The van der Waals surface area contributed by atoms with Crippen molar-refractivity contribution in [1.82, 2.24) is 21.3 Å². The number of hydrogen-bond donors (Lipinski definition) is 4. The molecular formula is C15H28N4O3. The highest BCUT2D eigenvalue weighted by Gasteiger charge is 2.35. The molecule has 7 heteroatoms. The van der Waals surface area contributed by atoms with Crippen molar-refractivity contribution in [1.29, 1.82) is 0 Å². The maximum atomic E-state index is 12.4. The van der Waals surface area contributed by atoms with Gasteiger partial charge in [0.05, 0.1) is 12.1 Å². The highest BCUT2D eigenvalue weighted by molar-refractivity contribution is 6.01. The molecular weight excluding hydrogens is 284 g/mol. The lowest BCUT2D eigenvalue weighted by atomic mass is 9.86. The number of likely N-dealkylation sites (N-methyl/N-ethyl adjacent to an activating group) is 1. The van der Waals surface area contributed by atoms with Gasteiger partial charge in [-0.1, -0.05) is 20.8 Å². The van der Waals surface area contributed by atoms with E-state index in [-0.39, 0.29) is 17.9 Å². The van der Waals surface area contributed by atoms with Crippen molar-refractivity contribution in [2.24, 2.45) is 5.41 Å². The number of carbonyl (C=O) groups is 3. The molecule has 0 radical (unpaired) electrons. The maximum absolute atomic E-state index is 12.4. The summed E-state index contributed by atoms with van der Waals surface area (Å²) >= 11 is 0.